The third-order valence-electron chi connectivity index (χ3n) is 1.93. The van der Waals surface area contributed by atoms with Crippen molar-refractivity contribution in [1.82, 2.24) is 0 Å². The van der Waals surface area contributed by atoms with Gasteiger partial charge in [0.15, 0.2) is 0 Å². The van der Waals surface area contributed by atoms with E-state index in [0.29, 0.717) is 0 Å². The van der Waals surface area contributed by atoms with Gasteiger partial charge in [0, 0.05) is 12.7 Å². The molecular weight excluding hydrogens is 245 g/mol. The van der Waals surface area contributed by atoms with E-state index in [2.05, 4.69) is 5.32 Å². The molecule has 1 aromatic rings. The second-order valence-corrected chi connectivity index (χ2v) is 2.92. The summed E-state index contributed by atoms with van der Waals surface area (Å²) in [6, 6.07) is 3.19. The minimum absolute atomic E-state index is 0. The van der Waals surface area contributed by atoms with Crippen molar-refractivity contribution in [3.05, 3.63) is 23.8 Å². The number of hydrogen-bond acceptors (Lipinski definition) is 3. The Labute approximate surface area is 96.8 Å². The van der Waals surface area contributed by atoms with Crippen LogP contribution in [0.5, 0.6) is 0 Å². The highest BCUT2D eigenvalue weighted by Crippen LogP contribution is 2.29. The molecule has 0 aliphatic carbocycles. The summed E-state index contributed by atoms with van der Waals surface area (Å²) >= 11 is 0. The van der Waals surface area contributed by atoms with E-state index in [1.165, 1.54) is 13.1 Å². The van der Waals surface area contributed by atoms with Crippen LogP contribution in [0, 0.1) is 0 Å². The van der Waals surface area contributed by atoms with Crippen molar-refractivity contribution in [2.24, 2.45) is 0 Å². The lowest BCUT2D eigenvalue weighted by Crippen LogP contribution is -2.36. The third-order valence-corrected chi connectivity index (χ3v) is 1.93. The predicted octanol–water partition coefficient (Wildman–Crippen LogP) is 0.849. The Balaban J connectivity index is 0.00000225. The molecule has 0 spiro atoms. The van der Waals surface area contributed by atoms with Crippen LogP contribution >= 0.6 is 12.4 Å². The molecule has 0 saturated heterocycles. The van der Waals surface area contributed by atoms with Crippen LogP contribution in [0.2, 0.25) is 0 Å². The van der Waals surface area contributed by atoms with Crippen molar-refractivity contribution in [2.75, 3.05) is 12.4 Å². The monoisotopic (exact) mass is 255 g/mol. The smallest absolute Gasteiger partial charge is 0.423 e. The first-order chi connectivity index (χ1) is 6.86. The summed E-state index contributed by atoms with van der Waals surface area (Å²) in [6.07, 6.45) is -4.61. The summed E-state index contributed by atoms with van der Waals surface area (Å²) in [6.45, 7) is 0. The van der Waals surface area contributed by atoms with E-state index in [9.17, 15) is 13.2 Å². The van der Waals surface area contributed by atoms with Gasteiger partial charge in [-0.05, 0) is 17.6 Å². The van der Waals surface area contributed by atoms with Crippen molar-refractivity contribution in [1.29, 1.82) is 0 Å². The number of halogens is 4. The van der Waals surface area contributed by atoms with Crippen LogP contribution in [-0.4, -0.2) is 24.2 Å². The fourth-order valence-corrected chi connectivity index (χ4v) is 1.18. The molecule has 3 N–H and O–H groups in total. The van der Waals surface area contributed by atoms with E-state index in [0.717, 1.165) is 12.1 Å². The molecule has 0 atom stereocenters. The molecule has 0 saturated carbocycles. The van der Waals surface area contributed by atoms with Gasteiger partial charge in [0.05, 0.1) is 5.56 Å². The molecule has 0 aliphatic rings. The Bertz CT molecular complexity index is 360. The van der Waals surface area contributed by atoms with Crippen LogP contribution in [0.15, 0.2) is 18.2 Å². The molecule has 0 aliphatic heterocycles. The van der Waals surface area contributed by atoms with Crippen LogP contribution in [0.25, 0.3) is 0 Å². The molecule has 0 amide bonds. The second-order valence-electron chi connectivity index (χ2n) is 2.92. The van der Waals surface area contributed by atoms with Gasteiger partial charge in [0.25, 0.3) is 0 Å². The number of nitrogens with one attached hydrogen (secondary N) is 1. The van der Waals surface area contributed by atoms with E-state index >= 15 is 0 Å². The summed E-state index contributed by atoms with van der Waals surface area (Å²) in [5, 5.41) is 20.1. The SMILES string of the molecule is CNc1ccc(B(O)O)c(C(F)(F)F)c1.Cl. The quantitative estimate of drug-likeness (QED) is 0.687. The van der Waals surface area contributed by atoms with E-state index in [-0.39, 0.29) is 18.1 Å². The summed E-state index contributed by atoms with van der Waals surface area (Å²) < 4.78 is 37.4. The molecule has 0 fully saturated rings. The van der Waals surface area contributed by atoms with Crippen LogP contribution in [0.4, 0.5) is 18.9 Å². The fraction of sp³-hybridized carbons (Fsp3) is 0.250. The molecule has 16 heavy (non-hydrogen) atoms. The number of benzene rings is 1. The van der Waals surface area contributed by atoms with Crippen LogP contribution in [0.1, 0.15) is 5.56 Å². The Hall–Kier alpha value is -0.915. The van der Waals surface area contributed by atoms with Crippen molar-refractivity contribution in [3.8, 4) is 0 Å². The van der Waals surface area contributed by atoms with Gasteiger partial charge in [0.2, 0.25) is 0 Å². The third kappa shape index (κ3) is 3.29. The average molecular weight is 255 g/mol. The van der Waals surface area contributed by atoms with E-state index < -0.39 is 24.3 Å². The lowest BCUT2D eigenvalue weighted by molar-refractivity contribution is -0.136. The van der Waals surface area contributed by atoms with Gasteiger partial charge in [-0.15, -0.1) is 12.4 Å². The maximum absolute atomic E-state index is 12.5. The van der Waals surface area contributed by atoms with Crippen molar-refractivity contribution in [3.63, 3.8) is 0 Å². The second kappa shape index (κ2) is 5.42. The Kier molecular flexibility index (Phi) is 5.11. The Morgan fingerprint density at radius 1 is 1.25 bits per heavy atom. The Morgan fingerprint density at radius 2 is 1.81 bits per heavy atom. The first-order valence-corrected chi connectivity index (χ1v) is 4.11. The molecule has 0 bridgehead atoms. The number of anilines is 1. The molecule has 0 heterocycles. The first-order valence-electron chi connectivity index (χ1n) is 4.11. The molecule has 1 rings (SSSR count). The highest BCUT2D eigenvalue weighted by Gasteiger charge is 2.36. The lowest BCUT2D eigenvalue weighted by atomic mass is 9.76. The Morgan fingerprint density at radius 3 is 2.19 bits per heavy atom. The summed E-state index contributed by atoms with van der Waals surface area (Å²) in [5.74, 6) is 0. The maximum Gasteiger partial charge on any atom is 0.489 e. The zero-order valence-corrected chi connectivity index (χ0v) is 9.06. The van der Waals surface area contributed by atoms with Crippen LogP contribution in [0.3, 0.4) is 0 Å². The minimum Gasteiger partial charge on any atom is -0.423 e. The molecule has 8 heteroatoms. The van der Waals surface area contributed by atoms with Gasteiger partial charge in [-0.25, -0.2) is 0 Å². The van der Waals surface area contributed by atoms with Gasteiger partial charge in [-0.1, -0.05) is 6.07 Å². The largest absolute Gasteiger partial charge is 0.489 e. The molecule has 1 aromatic carbocycles. The standard InChI is InChI=1S/C8H9BF3NO2.ClH/c1-13-5-2-3-7(9(14)15)6(4-5)8(10,11)12;/h2-4,13-15H,1H3;1H. The summed E-state index contributed by atoms with van der Waals surface area (Å²) in [4.78, 5) is 0. The molecular formula is C8H10BClF3NO2. The van der Waals surface area contributed by atoms with Gasteiger partial charge in [0.1, 0.15) is 0 Å². The van der Waals surface area contributed by atoms with Gasteiger partial charge < -0.3 is 15.4 Å². The zero-order chi connectivity index (χ0) is 11.6. The topological polar surface area (TPSA) is 52.5 Å². The first kappa shape index (κ1) is 15.1. The normalized spacial score (nSPS) is 10.6. The highest BCUT2D eigenvalue weighted by atomic mass is 35.5. The van der Waals surface area contributed by atoms with Crippen LogP contribution in [-0.2, 0) is 6.18 Å². The number of alkyl halides is 3. The van der Waals surface area contributed by atoms with Crippen molar-refractivity contribution in [2.45, 2.75) is 6.18 Å². The van der Waals surface area contributed by atoms with Gasteiger partial charge in [-0.3, -0.25) is 0 Å². The van der Waals surface area contributed by atoms with Crippen molar-refractivity contribution >= 4 is 30.7 Å². The number of hydrogen-bond donors (Lipinski definition) is 3. The molecule has 0 unspecified atom stereocenters. The zero-order valence-electron chi connectivity index (χ0n) is 8.25. The molecule has 0 radical (unpaired) electrons. The predicted molar refractivity (Wildman–Crippen MR) is 58.1 cm³/mol. The molecule has 3 nitrogen and oxygen atoms in total. The van der Waals surface area contributed by atoms with E-state index in [1.807, 2.05) is 0 Å². The minimum atomic E-state index is -4.61. The molecule has 0 aromatic heterocycles. The van der Waals surface area contributed by atoms with Crippen molar-refractivity contribution < 1.29 is 23.2 Å². The number of rotatable bonds is 2. The lowest BCUT2D eigenvalue weighted by Gasteiger charge is -2.13. The van der Waals surface area contributed by atoms with Crippen LogP contribution < -0.4 is 10.8 Å². The van der Waals surface area contributed by atoms with E-state index in [1.54, 1.807) is 0 Å². The average Bonchev–Trinajstić information content (AvgIpc) is 2.15. The summed E-state index contributed by atoms with van der Waals surface area (Å²) in [7, 11) is -0.655. The van der Waals surface area contributed by atoms with Gasteiger partial charge >= 0.3 is 13.3 Å². The highest BCUT2D eigenvalue weighted by molar-refractivity contribution is 6.59. The fourth-order valence-electron chi connectivity index (χ4n) is 1.18. The maximum atomic E-state index is 12.5. The summed E-state index contributed by atoms with van der Waals surface area (Å²) in [5.41, 5.74) is -1.35. The van der Waals surface area contributed by atoms with E-state index in [4.69, 9.17) is 10.0 Å². The van der Waals surface area contributed by atoms with Gasteiger partial charge in [-0.2, -0.15) is 13.2 Å². The molecule has 90 valence electrons.